The van der Waals surface area contributed by atoms with E-state index in [4.69, 9.17) is 26.1 Å². The van der Waals surface area contributed by atoms with Gasteiger partial charge in [-0.3, -0.25) is 4.99 Å². The molecule has 0 saturated carbocycles. The molecule has 0 amide bonds. The second-order valence-corrected chi connectivity index (χ2v) is 6.99. The molecule has 3 rings (SSSR count). The molecule has 0 bridgehead atoms. The first kappa shape index (κ1) is 19.5. The van der Waals surface area contributed by atoms with Crippen molar-refractivity contribution in [3.05, 3.63) is 64.2 Å². The van der Waals surface area contributed by atoms with Gasteiger partial charge in [0.15, 0.2) is 11.5 Å². The van der Waals surface area contributed by atoms with Crippen molar-refractivity contribution in [1.29, 1.82) is 0 Å². The number of benzene rings is 2. The zero-order valence-corrected chi connectivity index (χ0v) is 16.8. The number of fused-ring (bicyclic) bond motifs is 1. The predicted molar refractivity (Wildman–Crippen MR) is 114 cm³/mol. The van der Waals surface area contributed by atoms with E-state index in [9.17, 15) is 0 Å². The molecule has 27 heavy (non-hydrogen) atoms. The summed E-state index contributed by atoms with van der Waals surface area (Å²) in [7, 11) is 0. The Bertz CT molecular complexity index is 825. The van der Waals surface area contributed by atoms with Crippen molar-refractivity contribution in [2.24, 2.45) is 4.99 Å². The smallest absolute Gasteiger partial charge is 0.161 e. The zero-order chi connectivity index (χ0) is 19.1. The van der Waals surface area contributed by atoms with Gasteiger partial charge in [-0.25, -0.2) is 0 Å². The average molecular weight is 384 g/mol. The number of hydrogen-bond donors (Lipinski definition) is 0. The average Bonchev–Trinajstić information content (AvgIpc) is 2.70. The van der Waals surface area contributed by atoms with Crippen LogP contribution in [0.15, 0.2) is 47.5 Å². The summed E-state index contributed by atoms with van der Waals surface area (Å²) < 4.78 is 11.9. The maximum atomic E-state index is 5.96. The van der Waals surface area contributed by atoms with Crippen LogP contribution in [0, 0.1) is 0 Å². The molecule has 2 aromatic carbocycles. The highest BCUT2D eigenvalue weighted by Crippen LogP contribution is 2.33. The number of aliphatic imine (C=N–C) groups is 1. The fourth-order valence-corrected chi connectivity index (χ4v) is 3.10. The molecule has 0 fully saturated rings. The van der Waals surface area contributed by atoms with Crippen LogP contribution in [0.3, 0.4) is 0 Å². The van der Waals surface area contributed by atoms with Crippen LogP contribution in [-0.2, 0) is 6.42 Å². The first-order valence-electron chi connectivity index (χ1n) is 9.62. The van der Waals surface area contributed by atoms with Gasteiger partial charge in [-0.2, -0.15) is 0 Å². The summed E-state index contributed by atoms with van der Waals surface area (Å²) in [6.07, 6.45) is 6.99. The molecular weight excluding hydrogens is 358 g/mol. The largest absolute Gasteiger partial charge is 0.490 e. The Morgan fingerprint density at radius 1 is 0.963 bits per heavy atom. The fraction of sp³-hybridized carbons (Fsp3) is 0.348. The van der Waals surface area contributed by atoms with Crippen LogP contribution >= 0.6 is 11.6 Å². The standard InChI is InChI=1S/C23H26ClNO2/c1-3-13-26-22-15-18-11-12-25-21(20(18)16-23(22)27-14-4-2)10-7-17-5-8-19(24)9-6-17/h5-10,15-16H,3-4,11-14H2,1-2H3. The Kier molecular flexibility index (Phi) is 6.94. The number of halogens is 1. The molecule has 0 atom stereocenters. The number of hydrogen-bond acceptors (Lipinski definition) is 3. The number of ether oxygens (including phenoxy) is 2. The van der Waals surface area contributed by atoms with Crippen molar-refractivity contribution < 1.29 is 9.47 Å². The van der Waals surface area contributed by atoms with Crippen molar-refractivity contribution >= 4 is 23.4 Å². The third-order valence-electron chi connectivity index (χ3n) is 4.34. The minimum absolute atomic E-state index is 0.675. The van der Waals surface area contributed by atoms with E-state index in [0.717, 1.165) is 59.2 Å². The Morgan fingerprint density at radius 2 is 1.63 bits per heavy atom. The molecule has 1 heterocycles. The summed E-state index contributed by atoms with van der Waals surface area (Å²) >= 11 is 5.96. The van der Waals surface area contributed by atoms with E-state index >= 15 is 0 Å². The first-order valence-corrected chi connectivity index (χ1v) is 10.00. The zero-order valence-electron chi connectivity index (χ0n) is 16.0. The lowest BCUT2D eigenvalue weighted by atomic mass is 9.96. The van der Waals surface area contributed by atoms with Gasteiger partial charge < -0.3 is 9.47 Å². The molecule has 1 aliphatic rings. The van der Waals surface area contributed by atoms with E-state index < -0.39 is 0 Å². The Hall–Kier alpha value is -2.26. The second kappa shape index (κ2) is 9.61. The fourth-order valence-electron chi connectivity index (χ4n) is 2.97. The van der Waals surface area contributed by atoms with Crippen molar-refractivity contribution in [2.75, 3.05) is 19.8 Å². The third-order valence-corrected chi connectivity index (χ3v) is 4.59. The second-order valence-electron chi connectivity index (χ2n) is 6.55. The van der Waals surface area contributed by atoms with E-state index in [1.54, 1.807) is 0 Å². The molecule has 0 aromatic heterocycles. The highest BCUT2D eigenvalue weighted by molar-refractivity contribution is 6.30. The molecule has 0 N–H and O–H groups in total. The highest BCUT2D eigenvalue weighted by atomic mass is 35.5. The van der Waals surface area contributed by atoms with Crippen LogP contribution in [0.25, 0.3) is 6.08 Å². The topological polar surface area (TPSA) is 30.8 Å². The number of rotatable bonds is 8. The summed E-state index contributed by atoms with van der Waals surface area (Å²) in [5.41, 5.74) is 4.46. The van der Waals surface area contributed by atoms with E-state index in [1.165, 1.54) is 5.56 Å². The molecule has 0 unspecified atom stereocenters. The lowest BCUT2D eigenvalue weighted by Gasteiger charge is -2.20. The van der Waals surface area contributed by atoms with Gasteiger partial charge in [0.2, 0.25) is 0 Å². The Balaban J connectivity index is 1.89. The summed E-state index contributed by atoms with van der Waals surface area (Å²) in [5, 5.41) is 0.741. The SMILES string of the molecule is CCCOc1cc2c(cc1OCCC)C(C=Cc1ccc(Cl)cc1)=NCC2. The Morgan fingerprint density at radius 3 is 2.30 bits per heavy atom. The quantitative estimate of drug-likeness (QED) is 0.561. The molecule has 0 saturated heterocycles. The van der Waals surface area contributed by atoms with E-state index in [1.807, 2.05) is 24.3 Å². The molecule has 0 aliphatic carbocycles. The van der Waals surface area contributed by atoms with Gasteiger partial charge in [0.05, 0.1) is 18.9 Å². The van der Waals surface area contributed by atoms with E-state index in [2.05, 4.69) is 38.1 Å². The van der Waals surface area contributed by atoms with Crippen LogP contribution in [0.1, 0.15) is 43.4 Å². The van der Waals surface area contributed by atoms with E-state index in [0.29, 0.717) is 13.2 Å². The minimum atomic E-state index is 0.675. The molecular formula is C23H26ClNO2. The monoisotopic (exact) mass is 383 g/mol. The van der Waals surface area contributed by atoms with Crippen LogP contribution in [0.2, 0.25) is 5.02 Å². The van der Waals surface area contributed by atoms with Gasteiger partial charge in [-0.1, -0.05) is 43.7 Å². The van der Waals surface area contributed by atoms with E-state index in [-0.39, 0.29) is 0 Å². The van der Waals surface area contributed by atoms with Gasteiger partial charge in [0, 0.05) is 17.1 Å². The van der Waals surface area contributed by atoms with Crippen LogP contribution in [0.5, 0.6) is 11.5 Å². The van der Waals surface area contributed by atoms with Crippen molar-refractivity contribution in [2.45, 2.75) is 33.1 Å². The van der Waals surface area contributed by atoms with Crippen LogP contribution in [0.4, 0.5) is 0 Å². The number of nitrogens with zero attached hydrogens (tertiary/aromatic N) is 1. The first-order chi connectivity index (χ1) is 13.2. The highest BCUT2D eigenvalue weighted by Gasteiger charge is 2.17. The molecule has 1 aliphatic heterocycles. The van der Waals surface area contributed by atoms with Crippen molar-refractivity contribution in [3.8, 4) is 11.5 Å². The summed E-state index contributed by atoms with van der Waals surface area (Å²) in [6.45, 7) is 6.37. The van der Waals surface area contributed by atoms with Crippen molar-refractivity contribution in [3.63, 3.8) is 0 Å². The third kappa shape index (κ3) is 5.14. The van der Waals surface area contributed by atoms with Gasteiger partial charge in [0.1, 0.15) is 0 Å². The maximum Gasteiger partial charge on any atom is 0.161 e. The molecule has 2 aromatic rings. The van der Waals surface area contributed by atoms with Crippen LogP contribution < -0.4 is 9.47 Å². The van der Waals surface area contributed by atoms with Crippen LogP contribution in [-0.4, -0.2) is 25.5 Å². The van der Waals surface area contributed by atoms with Gasteiger partial charge in [-0.15, -0.1) is 0 Å². The van der Waals surface area contributed by atoms with Gasteiger partial charge in [-0.05, 0) is 60.7 Å². The predicted octanol–water partition coefficient (Wildman–Crippen LogP) is 5.98. The molecule has 0 spiro atoms. The molecule has 4 heteroatoms. The summed E-state index contributed by atoms with van der Waals surface area (Å²) in [4.78, 5) is 4.72. The number of allylic oxidation sites excluding steroid dienone is 1. The molecule has 0 radical (unpaired) electrons. The maximum absolute atomic E-state index is 5.96. The normalized spacial score (nSPS) is 13.4. The Labute approximate surface area is 166 Å². The van der Waals surface area contributed by atoms with Crippen molar-refractivity contribution in [1.82, 2.24) is 0 Å². The molecule has 142 valence electrons. The van der Waals surface area contributed by atoms with Gasteiger partial charge in [0.25, 0.3) is 0 Å². The lowest BCUT2D eigenvalue weighted by Crippen LogP contribution is -2.12. The summed E-state index contributed by atoms with van der Waals surface area (Å²) in [5.74, 6) is 1.64. The molecule has 3 nitrogen and oxygen atoms in total. The minimum Gasteiger partial charge on any atom is -0.490 e. The summed E-state index contributed by atoms with van der Waals surface area (Å²) in [6, 6.07) is 12.0. The lowest BCUT2D eigenvalue weighted by molar-refractivity contribution is 0.268. The van der Waals surface area contributed by atoms with Gasteiger partial charge >= 0.3 is 0 Å².